The second-order valence-electron chi connectivity index (χ2n) is 4.26. The van der Waals surface area contributed by atoms with Crippen molar-refractivity contribution in [2.75, 3.05) is 24.0 Å². The number of para-hydroxylation sites is 1. The highest BCUT2D eigenvalue weighted by atomic mass is 35.5. The zero-order valence-electron chi connectivity index (χ0n) is 11.3. The van der Waals surface area contributed by atoms with E-state index in [1.54, 1.807) is 17.8 Å². The van der Waals surface area contributed by atoms with Crippen LogP contribution < -0.4 is 4.90 Å². The average molecular weight is 300 g/mol. The van der Waals surface area contributed by atoms with Crippen LogP contribution in [-0.4, -0.2) is 36.2 Å². The first-order chi connectivity index (χ1) is 8.97. The minimum absolute atomic E-state index is 0.312. The van der Waals surface area contributed by atoms with Gasteiger partial charge in [-0.1, -0.05) is 23.7 Å². The molecule has 0 saturated carbocycles. The number of thioether (sulfide) groups is 1. The summed E-state index contributed by atoms with van der Waals surface area (Å²) in [4.78, 5) is 12.7. The summed E-state index contributed by atoms with van der Waals surface area (Å²) in [5, 5.41) is 9.36. The number of halogens is 1. The molecule has 0 fully saturated rings. The molecule has 0 amide bonds. The van der Waals surface area contributed by atoms with Crippen molar-refractivity contribution < 1.29 is 9.90 Å². The first-order valence-corrected chi connectivity index (χ1v) is 7.65. The Labute approximate surface area is 123 Å². The molecular formula is C14H18ClNO2S. The molecule has 1 unspecified atom stereocenters. The Morgan fingerprint density at radius 3 is 2.84 bits per heavy atom. The van der Waals surface area contributed by atoms with Crippen LogP contribution in [0.2, 0.25) is 5.02 Å². The Morgan fingerprint density at radius 1 is 1.58 bits per heavy atom. The van der Waals surface area contributed by atoms with E-state index in [0.717, 1.165) is 23.1 Å². The molecule has 1 atom stereocenters. The standard InChI is InChI=1S/C14H18ClNO2S/c1-10(9-19-3)16(2)14-11(7-8-13(17)18)5-4-6-12(14)15/h4-8,10H,9H2,1-3H3,(H,17,18)/b8-7+. The largest absolute Gasteiger partial charge is 0.478 e. The molecule has 0 heterocycles. The minimum atomic E-state index is -0.967. The zero-order valence-corrected chi connectivity index (χ0v) is 12.8. The molecule has 1 rings (SSSR count). The van der Waals surface area contributed by atoms with Gasteiger partial charge in [0.15, 0.2) is 0 Å². The van der Waals surface area contributed by atoms with Crippen LogP contribution in [-0.2, 0) is 4.79 Å². The Bertz CT molecular complexity index is 477. The van der Waals surface area contributed by atoms with Crippen LogP contribution in [0.15, 0.2) is 24.3 Å². The molecular weight excluding hydrogens is 282 g/mol. The van der Waals surface area contributed by atoms with Crippen molar-refractivity contribution in [3.8, 4) is 0 Å². The van der Waals surface area contributed by atoms with E-state index >= 15 is 0 Å². The number of hydrogen-bond donors (Lipinski definition) is 1. The minimum Gasteiger partial charge on any atom is -0.478 e. The molecule has 0 bridgehead atoms. The predicted molar refractivity (Wildman–Crippen MR) is 84.4 cm³/mol. The number of carbonyl (C=O) groups is 1. The number of nitrogens with zero attached hydrogens (tertiary/aromatic N) is 1. The third-order valence-electron chi connectivity index (χ3n) is 2.85. The molecule has 0 aromatic heterocycles. The van der Waals surface area contributed by atoms with Gasteiger partial charge in [0.25, 0.3) is 0 Å². The summed E-state index contributed by atoms with van der Waals surface area (Å²) < 4.78 is 0. The number of anilines is 1. The number of carboxylic acids is 1. The maximum Gasteiger partial charge on any atom is 0.328 e. The van der Waals surface area contributed by atoms with Crippen LogP contribution in [0.5, 0.6) is 0 Å². The van der Waals surface area contributed by atoms with Crippen LogP contribution in [0, 0.1) is 0 Å². The van der Waals surface area contributed by atoms with Gasteiger partial charge in [0, 0.05) is 24.9 Å². The molecule has 0 spiro atoms. The Balaban J connectivity index is 3.13. The van der Waals surface area contributed by atoms with E-state index in [9.17, 15) is 4.79 Å². The van der Waals surface area contributed by atoms with Crippen LogP contribution in [0.25, 0.3) is 6.08 Å². The highest BCUT2D eigenvalue weighted by Crippen LogP contribution is 2.31. The SMILES string of the molecule is CSCC(C)N(C)c1c(Cl)cccc1/C=C/C(=O)O. The van der Waals surface area contributed by atoms with Gasteiger partial charge in [-0.25, -0.2) is 4.79 Å². The molecule has 1 aromatic carbocycles. The molecule has 3 nitrogen and oxygen atoms in total. The highest BCUT2D eigenvalue weighted by molar-refractivity contribution is 7.98. The number of hydrogen-bond acceptors (Lipinski definition) is 3. The van der Waals surface area contributed by atoms with E-state index in [1.807, 2.05) is 25.2 Å². The van der Waals surface area contributed by atoms with Gasteiger partial charge in [0.1, 0.15) is 0 Å². The fourth-order valence-corrected chi connectivity index (χ4v) is 2.79. The zero-order chi connectivity index (χ0) is 14.4. The fraction of sp³-hybridized carbons (Fsp3) is 0.357. The van der Waals surface area contributed by atoms with Crippen LogP contribution in [0.3, 0.4) is 0 Å². The lowest BCUT2D eigenvalue weighted by Crippen LogP contribution is -2.31. The monoisotopic (exact) mass is 299 g/mol. The molecule has 0 radical (unpaired) electrons. The molecule has 19 heavy (non-hydrogen) atoms. The summed E-state index contributed by atoms with van der Waals surface area (Å²) in [6.45, 7) is 2.12. The van der Waals surface area contributed by atoms with Crippen LogP contribution in [0.4, 0.5) is 5.69 Å². The van der Waals surface area contributed by atoms with Gasteiger partial charge in [0.2, 0.25) is 0 Å². The molecule has 0 saturated heterocycles. The lowest BCUT2D eigenvalue weighted by atomic mass is 10.1. The maximum atomic E-state index is 10.6. The fourth-order valence-electron chi connectivity index (χ4n) is 1.77. The van der Waals surface area contributed by atoms with Crippen molar-refractivity contribution in [3.63, 3.8) is 0 Å². The van der Waals surface area contributed by atoms with E-state index in [0.29, 0.717) is 11.1 Å². The predicted octanol–water partition coefficient (Wildman–Crippen LogP) is 3.63. The number of aliphatic carboxylic acids is 1. The van der Waals surface area contributed by atoms with Gasteiger partial charge in [-0.05, 0) is 30.9 Å². The van der Waals surface area contributed by atoms with Crippen molar-refractivity contribution in [2.45, 2.75) is 13.0 Å². The Kier molecular flexibility index (Phi) is 6.25. The smallest absolute Gasteiger partial charge is 0.328 e. The van der Waals surface area contributed by atoms with E-state index in [2.05, 4.69) is 18.1 Å². The first kappa shape index (κ1) is 15.9. The van der Waals surface area contributed by atoms with E-state index in [1.165, 1.54) is 0 Å². The molecule has 0 aliphatic heterocycles. The lowest BCUT2D eigenvalue weighted by Gasteiger charge is -2.29. The third-order valence-corrected chi connectivity index (χ3v) is 3.97. The lowest BCUT2D eigenvalue weighted by molar-refractivity contribution is -0.131. The number of carboxylic acid groups (broad SMARTS) is 1. The first-order valence-electron chi connectivity index (χ1n) is 5.88. The van der Waals surface area contributed by atoms with Gasteiger partial charge in [-0.3, -0.25) is 0 Å². The number of rotatable bonds is 6. The van der Waals surface area contributed by atoms with Crippen molar-refractivity contribution in [1.29, 1.82) is 0 Å². The normalized spacial score (nSPS) is 12.6. The summed E-state index contributed by atoms with van der Waals surface area (Å²) in [5.41, 5.74) is 1.67. The topological polar surface area (TPSA) is 40.5 Å². The third kappa shape index (κ3) is 4.48. The second kappa shape index (κ2) is 7.46. The van der Waals surface area contributed by atoms with Gasteiger partial charge < -0.3 is 10.0 Å². The van der Waals surface area contributed by atoms with Crippen molar-refractivity contribution in [2.24, 2.45) is 0 Å². The van der Waals surface area contributed by atoms with Crippen LogP contribution >= 0.6 is 23.4 Å². The van der Waals surface area contributed by atoms with Gasteiger partial charge >= 0.3 is 5.97 Å². The molecule has 1 N–H and O–H groups in total. The summed E-state index contributed by atoms with van der Waals surface area (Å²) in [7, 11) is 1.97. The van der Waals surface area contributed by atoms with Gasteiger partial charge in [-0.15, -0.1) is 0 Å². The van der Waals surface area contributed by atoms with Crippen molar-refractivity contribution in [3.05, 3.63) is 34.9 Å². The summed E-state index contributed by atoms with van der Waals surface area (Å²) in [6, 6.07) is 5.81. The number of benzene rings is 1. The summed E-state index contributed by atoms with van der Waals surface area (Å²) >= 11 is 8.02. The summed E-state index contributed by atoms with van der Waals surface area (Å²) in [6.07, 6.45) is 4.76. The van der Waals surface area contributed by atoms with E-state index in [4.69, 9.17) is 16.7 Å². The Morgan fingerprint density at radius 2 is 2.26 bits per heavy atom. The average Bonchev–Trinajstić information content (AvgIpc) is 2.35. The molecule has 104 valence electrons. The van der Waals surface area contributed by atoms with Crippen LogP contribution in [0.1, 0.15) is 12.5 Å². The van der Waals surface area contributed by atoms with Crippen molar-refractivity contribution in [1.82, 2.24) is 0 Å². The molecule has 5 heteroatoms. The summed E-state index contributed by atoms with van der Waals surface area (Å²) in [5.74, 6) is 0.00909. The highest BCUT2D eigenvalue weighted by Gasteiger charge is 2.15. The quantitative estimate of drug-likeness (QED) is 0.815. The van der Waals surface area contributed by atoms with Gasteiger partial charge in [-0.2, -0.15) is 11.8 Å². The maximum absolute atomic E-state index is 10.6. The van der Waals surface area contributed by atoms with E-state index < -0.39 is 5.97 Å². The second-order valence-corrected chi connectivity index (χ2v) is 5.58. The van der Waals surface area contributed by atoms with Gasteiger partial charge in [0.05, 0.1) is 10.7 Å². The molecule has 0 aliphatic carbocycles. The molecule has 1 aromatic rings. The Hall–Kier alpha value is -1.13. The van der Waals surface area contributed by atoms with E-state index in [-0.39, 0.29) is 0 Å². The molecule has 0 aliphatic rings. The van der Waals surface area contributed by atoms with Crippen molar-refractivity contribution >= 4 is 41.1 Å².